The van der Waals surface area contributed by atoms with Gasteiger partial charge in [-0.3, -0.25) is 4.79 Å². The van der Waals surface area contributed by atoms with Crippen molar-refractivity contribution in [1.29, 1.82) is 0 Å². The first-order valence-electron chi connectivity index (χ1n) is 6.48. The van der Waals surface area contributed by atoms with Gasteiger partial charge < -0.3 is 9.15 Å². The number of aryl methyl sites for hydroxylation is 1. The van der Waals surface area contributed by atoms with Crippen molar-refractivity contribution < 1.29 is 13.9 Å². The lowest BCUT2D eigenvalue weighted by Crippen LogP contribution is -2.20. The van der Waals surface area contributed by atoms with Crippen LogP contribution in [0, 0.1) is 0 Å². The van der Waals surface area contributed by atoms with E-state index in [2.05, 4.69) is 6.92 Å². The fourth-order valence-corrected chi connectivity index (χ4v) is 1.82. The van der Waals surface area contributed by atoms with Gasteiger partial charge in [-0.25, -0.2) is 0 Å². The van der Waals surface area contributed by atoms with Gasteiger partial charge in [-0.15, -0.1) is 0 Å². The molecule has 1 heterocycles. The monoisotopic (exact) mass is 258 g/mol. The lowest BCUT2D eigenvalue weighted by molar-refractivity contribution is 0.0357. The SMILES string of the molecule is CCc1ccc(C(=O)C(C)OCc2ccco2)cc1. The average molecular weight is 258 g/mol. The number of rotatable bonds is 6. The van der Waals surface area contributed by atoms with E-state index in [1.165, 1.54) is 5.56 Å². The zero-order valence-corrected chi connectivity index (χ0v) is 11.3. The van der Waals surface area contributed by atoms with Crippen molar-refractivity contribution in [2.75, 3.05) is 0 Å². The molecule has 0 amide bonds. The van der Waals surface area contributed by atoms with Crippen LogP contribution in [-0.2, 0) is 17.8 Å². The van der Waals surface area contributed by atoms with Crippen LogP contribution in [0.3, 0.4) is 0 Å². The minimum atomic E-state index is -0.474. The van der Waals surface area contributed by atoms with Crippen LogP contribution >= 0.6 is 0 Å². The predicted molar refractivity (Wildman–Crippen MR) is 73.1 cm³/mol. The Morgan fingerprint density at radius 1 is 1.26 bits per heavy atom. The average Bonchev–Trinajstić information content (AvgIpc) is 2.97. The molecular formula is C16H18O3. The van der Waals surface area contributed by atoms with Gasteiger partial charge in [0.1, 0.15) is 18.5 Å². The molecule has 0 saturated heterocycles. The summed E-state index contributed by atoms with van der Waals surface area (Å²) in [4.78, 5) is 12.1. The quantitative estimate of drug-likeness (QED) is 0.743. The highest BCUT2D eigenvalue weighted by molar-refractivity contribution is 5.99. The first-order chi connectivity index (χ1) is 9.20. The van der Waals surface area contributed by atoms with Gasteiger partial charge in [0.2, 0.25) is 0 Å². The van der Waals surface area contributed by atoms with Gasteiger partial charge in [0.05, 0.1) is 6.26 Å². The number of carbonyl (C=O) groups excluding carboxylic acids is 1. The number of hydrogen-bond donors (Lipinski definition) is 0. The topological polar surface area (TPSA) is 39.4 Å². The first-order valence-corrected chi connectivity index (χ1v) is 6.48. The van der Waals surface area contributed by atoms with Gasteiger partial charge in [-0.2, -0.15) is 0 Å². The summed E-state index contributed by atoms with van der Waals surface area (Å²) in [6.07, 6.45) is 2.09. The number of benzene rings is 1. The maximum absolute atomic E-state index is 12.1. The summed E-state index contributed by atoms with van der Waals surface area (Å²) in [6, 6.07) is 11.3. The molecule has 0 saturated carbocycles. The van der Waals surface area contributed by atoms with E-state index in [1.807, 2.05) is 30.3 Å². The normalized spacial score (nSPS) is 12.3. The zero-order chi connectivity index (χ0) is 13.7. The molecule has 19 heavy (non-hydrogen) atoms. The highest BCUT2D eigenvalue weighted by Crippen LogP contribution is 2.11. The van der Waals surface area contributed by atoms with E-state index in [0.29, 0.717) is 12.2 Å². The third kappa shape index (κ3) is 3.55. The number of carbonyl (C=O) groups is 1. The summed E-state index contributed by atoms with van der Waals surface area (Å²) in [7, 11) is 0. The van der Waals surface area contributed by atoms with Crippen LogP contribution in [0.1, 0.15) is 35.5 Å². The second kappa shape index (κ2) is 6.34. The molecule has 0 aliphatic carbocycles. The van der Waals surface area contributed by atoms with Crippen LogP contribution in [0.4, 0.5) is 0 Å². The Labute approximate surface area is 113 Å². The lowest BCUT2D eigenvalue weighted by atomic mass is 10.0. The molecule has 1 atom stereocenters. The lowest BCUT2D eigenvalue weighted by Gasteiger charge is -2.11. The number of ether oxygens (including phenoxy) is 1. The predicted octanol–water partition coefficient (Wildman–Crippen LogP) is 3.63. The van der Waals surface area contributed by atoms with Crippen molar-refractivity contribution >= 4 is 5.78 Å². The largest absolute Gasteiger partial charge is 0.467 e. The van der Waals surface area contributed by atoms with Crippen molar-refractivity contribution in [1.82, 2.24) is 0 Å². The minimum Gasteiger partial charge on any atom is -0.467 e. The minimum absolute atomic E-state index is 0.00536. The molecule has 0 radical (unpaired) electrons. The molecule has 1 aromatic heterocycles. The van der Waals surface area contributed by atoms with E-state index >= 15 is 0 Å². The second-order valence-electron chi connectivity index (χ2n) is 4.45. The van der Waals surface area contributed by atoms with Crippen LogP contribution in [-0.4, -0.2) is 11.9 Å². The van der Waals surface area contributed by atoms with E-state index < -0.39 is 6.10 Å². The molecule has 0 aliphatic heterocycles. The molecule has 0 spiro atoms. The number of ketones is 1. The summed E-state index contributed by atoms with van der Waals surface area (Å²) in [6.45, 7) is 4.16. The van der Waals surface area contributed by atoms with E-state index in [0.717, 1.165) is 12.2 Å². The molecule has 0 aliphatic rings. The highest BCUT2D eigenvalue weighted by atomic mass is 16.5. The van der Waals surface area contributed by atoms with E-state index in [4.69, 9.17) is 9.15 Å². The number of hydrogen-bond acceptors (Lipinski definition) is 3. The number of furan rings is 1. The van der Waals surface area contributed by atoms with Crippen molar-refractivity contribution in [3.63, 3.8) is 0 Å². The molecule has 0 fully saturated rings. The summed E-state index contributed by atoms with van der Waals surface area (Å²) in [5.41, 5.74) is 1.91. The fraction of sp³-hybridized carbons (Fsp3) is 0.312. The van der Waals surface area contributed by atoms with Gasteiger partial charge in [0.15, 0.2) is 5.78 Å². The molecule has 1 aromatic carbocycles. The van der Waals surface area contributed by atoms with E-state index in [9.17, 15) is 4.79 Å². The summed E-state index contributed by atoms with van der Waals surface area (Å²) < 4.78 is 10.7. The van der Waals surface area contributed by atoms with Crippen molar-refractivity contribution in [2.24, 2.45) is 0 Å². The van der Waals surface area contributed by atoms with E-state index in [-0.39, 0.29) is 5.78 Å². The second-order valence-corrected chi connectivity index (χ2v) is 4.45. The first kappa shape index (κ1) is 13.6. The van der Waals surface area contributed by atoms with Crippen molar-refractivity contribution in [3.8, 4) is 0 Å². The third-order valence-corrected chi connectivity index (χ3v) is 3.07. The smallest absolute Gasteiger partial charge is 0.191 e. The standard InChI is InChI=1S/C16H18O3/c1-3-13-6-8-14(9-7-13)16(17)12(2)19-11-15-5-4-10-18-15/h4-10,12H,3,11H2,1-2H3. The maximum Gasteiger partial charge on any atom is 0.191 e. The maximum atomic E-state index is 12.1. The summed E-state index contributed by atoms with van der Waals surface area (Å²) >= 11 is 0. The molecule has 0 bridgehead atoms. The Kier molecular flexibility index (Phi) is 4.53. The molecule has 3 nitrogen and oxygen atoms in total. The van der Waals surface area contributed by atoms with Crippen LogP contribution < -0.4 is 0 Å². The van der Waals surface area contributed by atoms with Gasteiger partial charge in [0, 0.05) is 5.56 Å². The van der Waals surface area contributed by atoms with Gasteiger partial charge in [0.25, 0.3) is 0 Å². The van der Waals surface area contributed by atoms with Crippen LogP contribution in [0.5, 0.6) is 0 Å². The van der Waals surface area contributed by atoms with Crippen LogP contribution in [0.2, 0.25) is 0 Å². The van der Waals surface area contributed by atoms with E-state index in [1.54, 1.807) is 19.3 Å². The van der Waals surface area contributed by atoms with Crippen LogP contribution in [0.15, 0.2) is 47.1 Å². The van der Waals surface area contributed by atoms with Gasteiger partial charge in [-0.05, 0) is 31.0 Å². The van der Waals surface area contributed by atoms with Crippen LogP contribution in [0.25, 0.3) is 0 Å². The molecule has 0 N–H and O–H groups in total. The molecular weight excluding hydrogens is 240 g/mol. The Hall–Kier alpha value is -1.87. The Bertz CT molecular complexity index is 511. The van der Waals surface area contributed by atoms with Crippen molar-refractivity contribution in [2.45, 2.75) is 33.0 Å². The third-order valence-electron chi connectivity index (χ3n) is 3.07. The molecule has 100 valence electrons. The zero-order valence-electron chi connectivity index (χ0n) is 11.3. The Morgan fingerprint density at radius 2 is 2.00 bits per heavy atom. The molecule has 1 unspecified atom stereocenters. The highest BCUT2D eigenvalue weighted by Gasteiger charge is 2.16. The molecule has 2 aromatic rings. The summed E-state index contributed by atoms with van der Waals surface area (Å²) in [5, 5.41) is 0. The van der Waals surface area contributed by atoms with Crippen molar-refractivity contribution in [3.05, 3.63) is 59.5 Å². The number of Topliss-reactive ketones (excluding diaryl/α,β-unsaturated/α-hetero) is 1. The molecule has 2 rings (SSSR count). The Morgan fingerprint density at radius 3 is 2.58 bits per heavy atom. The van der Waals surface area contributed by atoms with Gasteiger partial charge in [-0.1, -0.05) is 31.2 Å². The summed E-state index contributed by atoms with van der Waals surface area (Å²) in [5.74, 6) is 0.718. The molecule has 3 heteroatoms. The Balaban J connectivity index is 1.94. The fourth-order valence-electron chi connectivity index (χ4n) is 1.82. The van der Waals surface area contributed by atoms with Gasteiger partial charge >= 0.3 is 0 Å².